The number of aromatic carboxylic acids is 1. The van der Waals surface area contributed by atoms with Gasteiger partial charge in [-0.2, -0.15) is 0 Å². The van der Waals surface area contributed by atoms with Crippen molar-refractivity contribution in [3.63, 3.8) is 0 Å². The van der Waals surface area contributed by atoms with Crippen LogP contribution >= 0.6 is 0 Å². The van der Waals surface area contributed by atoms with Crippen LogP contribution < -0.4 is 15.8 Å². The molecule has 0 radical (unpaired) electrons. The third kappa shape index (κ3) is 4.49. The fourth-order valence-electron chi connectivity index (χ4n) is 4.60. The van der Waals surface area contributed by atoms with Crippen molar-refractivity contribution in [2.24, 2.45) is 12.5 Å². The molecule has 2 N–H and O–H groups in total. The number of fused-ring (bicyclic) bond motifs is 1. The molecule has 0 bridgehead atoms. The third-order valence-electron chi connectivity index (χ3n) is 6.78. The zero-order valence-corrected chi connectivity index (χ0v) is 20.3. The molecule has 0 aliphatic carbocycles. The molecule has 1 saturated heterocycles. The summed E-state index contributed by atoms with van der Waals surface area (Å²) in [5, 5.41) is 13.2. The summed E-state index contributed by atoms with van der Waals surface area (Å²) in [4.78, 5) is 32.1. The Morgan fingerprint density at radius 1 is 1.21 bits per heavy atom. The molecule has 7 nitrogen and oxygen atoms in total. The Bertz CT molecular complexity index is 1320. The second-order valence-corrected chi connectivity index (χ2v) is 10.0. The summed E-state index contributed by atoms with van der Waals surface area (Å²) in [6.45, 7) is 9.96. The van der Waals surface area contributed by atoms with Gasteiger partial charge in [-0.05, 0) is 61.9 Å². The number of rotatable bonds is 5. The summed E-state index contributed by atoms with van der Waals surface area (Å²) in [5.74, 6) is -1.19. The van der Waals surface area contributed by atoms with Crippen LogP contribution in [0.2, 0.25) is 0 Å². The van der Waals surface area contributed by atoms with Crippen LogP contribution in [0.5, 0.6) is 0 Å². The molecule has 34 heavy (non-hydrogen) atoms. The number of carboxylic acid groups (broad SMARTS) is 1. The van der Waals surface area contributed by atoms with E-state index in [1.807, 2.05) is 26.0 Å². The number of carboxylic acids is 1. The second kappa shape index (κ2) is 8.74. The van der Waals surface area contributed by atoms with E-state index >= 15 is 0 Å². The lowest BCUT2D eigenvalue weighted by molar-refractivity contribution is 0.0697. The number of hydrogen-bond donors (Lipinski definition) is 2. The van der Waals surface area contributed by atoms with E-state index in [0.717, 1.165) is 43.1 Å². The van der Waals surface area contributed by atoms with Gasteiger partial charge in [0.25, 0.3) is 5.56 Å². The lowest BCUT2D eigenvalue weighted by atomic mass is 9.83. The van der Waals surface area contributed by atoms with Crippen molar-refractivity contribution in [1.82, 2.24) is 9.55 Å². The SMILES string of the molecule is Cc1cc([C@@H](C)Nc2ccc(F)cc2C(=O)O)c2nc(N3CCC(C)(C)CC3)n(C)c(=O)c2c1. The number of benzene rings is 2. The Balaban J connectivity index is 1.79. The highest BCUT2D eigenvalue weighted by atomic mass is 19.1. The minimum Gasteiger partial charge on any atom is -0.478 e. The standard InChI is InChI=1S/C26H31FN4O3/c1-15-12-18(16(2)28-21-7-6-17(27)14-19(21)24(33)34)22-20(13-15)23(32)30(5)25(29-22)31-10-8-26(3,4)9-11-31/h6-7,12-14,16,28H,8-11H2,1-5H3,(H,33,34)/t16-/m1/s1. The number of nitrogens with zero attached hydrogens (tertiary/aromatic N) is 3. The van der Waals surface area contributed by atoms with Crippen LogP contribution in [0.1, 0.15) is 61.1 Å². The van der Waals surface area contributed by atoms with Gasteiger partial charge in [-0.15, -0.1) is 0 Å². The van der Waals surface area contributed by atoms with Crippen molar-refractivity contribution >= 4 is 28.5 Å². The van der Waals surface area contributed by atoms with Crippen LogP contribution in [0.3, 0.4) is 0 Å². The van der Waals surface area contributed by atoms with Crippen molar-refractivity contribution in [3.8, 4) is 0 Å². The molecule has 2 aromatic carbocycles. The fourth-order valence-corrected chi connectivity index (χ4v) is 4.60. The van der Waals surface area contributed by atoms with Crippen molar-refractivity contribution < 1.29 is 14.3 Å². The molecule has 1 fully saturated rings. The van der Waals surface area contributed by atoms with E-state index in [2.05, 4.69) is 24.1 Å². The number of piperidine rings is 1. The van der Waals surface area contributed by atoms with E-state index in [1.54, 1.807) is 11.6 Å². The average molecular weight is 467 g/mol. The van der Waals surface area contributed by atoms with Crippen molar-refractivity contribution in [1.29, 1.82) is 0 Å². The van der Waals surface area contributed by atoms with E-state index in [9.17, 15) is 19.1 Å². The molecule has 4 rings (SSSR count). The van der Waals surface area contributed by atoms with Crippen LogP contribution in [-0.4, -0.2) is 33.7 Å². The molecule has 1 atom stereocenters. The van der Waals surface area contributed by atoms with Gasteiger partial charge in [-0.1, -0.05) is 19.9 Å². The molecule has 0 amide bonds. The zero-order chi connectivity index (χ0) is 24.8. The smallest absolute Gasteiger partial charge is 0.337 e. The van der Waals surface area contributed by atoms with Gasteiger partial charge in [-0.25, -0.2) is 14.2 Å². The van der Waals surface area contributed by atoms with E-state index in [4.69, 9.17) is 4.98 Å². The molecule has 1 aromatic heterocycles. The molecule has 1 aliphatic rings. The number of aromatic nitrogens is 2. The Morgan fingerprint density at radius 3 is 2.53 bits per heavy atom. The second-order valence-electron chi connectivity index (χ2n) is 10.0. The predicted molar refractivity (Wildman–Crippen MR) is 132 cm³/mol. The molecule has 8 heteroatoms. The van der Waals surface area contributed by atoms with E-state index < -0.39 is 11.8 Å². The topological polar surface area (TPSA) is 87.5 Å². The molecule has 1 aliphatic heterocycles. The van der Waals surface area contributed by atoms with Crippen LogP contribution in [0, 0.1) is 18.2 Å². The summed E-state index contributed by atoms with van der Waals surface area (Å²) in [6.07, 6.45) is 2.03. The van der Waals surface area contributed by atoms with Gasteiger partial charge in [0.1, 0.15) is 5.82 Å². The van der Waals surface area contributed by atoms with Gasteiger partial charge >= 0.3 is 5.97 Å². The Kier molecular flexibility index (Phi) is 6.10. The molecule has 0 unspecified atom stereocenters. The first-order valence-electron chi connectivity index (χ1n) is 11.5. The van der Waals surface area contributed by atoms with Crippen molar-refractivity contribution in [2.75, 3.05) is 23.3 Å². The summed E-state index contributed by atoms with van der Waals surface area (Å²) in [5.41, 5.74) is 2.58. The van der Waals surface area contributed by atoms with Gasteiger partial charge in [0.15, 0.2) is 0 Å². The van der Waals surface area contributed by atoms with E-state index in [0.29, 0.717) is 22.5 Å². The number of anilines is 2. The quantitative estimate of drug-likeness (QED) is 0.557. The molecular formula is C26H31FN4O3. The molecule has 180 valence electrons. The summed E-state index contributed by atoms with van der Waals surface area (Å²) in [7, 11) is 1.76. The Hall–Kier alpha value is -3.42. The zero-order valence-electron chi connectivity index (χ0n) is 20.3. The molecule has 0 spiro atoms. The summed E-state index contributed by atoms with van der Waals surface area (Å²) in [6, 6.07) is 7.05. The van der Waals surface area contributed by atoms with Gasteiger partial charge < -0.3 is 15.3 Å². The first-order chi connectivity index (χ1) is 16.0. The number of carbonyl (C=O) groups is 1. The number of nitrogens with one attached hydrogen (secondary N) is 1. The number of hydrogen-bond acceptors (Lipinski definition) is 5. The molecular weight excluding hydrogens is 435 g/mol. The lowest BCUT2D eigenvalue weighted by Crippen LogP contribution is -2.40. The van der Waals surface area contributed by atoms with E-state index in [-0.39, 0.29) is 22.6 Å². The first kappa shape index (κ1) is 23.7. The van der Waals surface area contributed by atoms with Crippen LogP contribution in [0.4, 0.5) is 16.0 Å². The largest absolute Gasteiger partial charge is 0.478 e. The molecule has 0 saturated carbocycles. The molecule has 3 aromatic rings. The Morgan fingerprint density at radius 2 is 1.88 bits per heavy atom. The first-order valence-corrected chi connectivity index (χ1v) is 11.5. The van der Waals surface area contributed by atoms with Gasteiger partial charge in [0.2, 0.25) is 5.95 Å². The maximum atomic E-state index is 13.6. The fraction of sp³-hybridized carbons (Fsp3) is 0.423. The van der Waals surface area contributed by atoms with Gasteiger partial charge in [0.05, 0.1) is 22.5 Å². The van der Waals surface area contributed by atoms with E-state index in [1.165, 1.54) is 12.1 Å². The highest BCUT2D eigenvalue weighted by Crippen LogP contribution is 2.33. The van der Waals surface area contributed by atoms with Gasteiger partial charge in [0, 0.05) is 31.4 Å². The summed E-state index contributed by atoms with van der Waals surface area (Å²) >= 11 is 0. The number of halogens is 1. The lowest BCUT2D eigenvalue weighted by Gasteiger charge is -2.38. The highest BCUT2D eigenvalue weighted by molar-refractivity contribution is 5.94. The Labute approximate surface area is 198 Å². The van der Waals surface area contributed by atoms with Crippen LogP contribution in [0.25, 0.3) is 10.9 Å². The predicted octanol–water partition coefficient (Wildman–Crippen LogP) is 4.88. The monoisotopic (exact) mass is 466 g/mol. The van der Waals surface area contributed by atoms with Crippen molar-refractivity contribution in [2.45, 2.75) is 46.6 Å². The highest BCUT2D eigenvalue weighted by Gasteiger charge is 2.28. The maximum Gasteiger partial charge on any atom is 0.337 e. The number of aryl methyl sites for hydroxylation is 1. The maximum absolute atomic E-state index is 13.6. The van der Waals surface area contributed by atoms with Gasteiger partial charge in [-0.3, -0.25) is 9.36 Å². The molecule has 2 heterocycles. The normalized spacial score (nSPS) is 16.5. The minimum absolute atomic E-state index is 0.116. The van der Waals surface area contributed by atoms with Crippen molar-refractivity contribution in [3.05, 3.63) is 63.2 Å². The average Bonchev–Trinajstić information content (AvgIpc) is 2.77. The van der Waals surface area contributed by atoms with Crippen LogP contribution in [0.15, 0.2) is 35.1 Å². The third-order valence-corrected chi connectivity index (χ3v) is 6.78. The minimum atomic E-state index is -1.22. The van der Waals surface area contributed by atoms with Crippen LogP contribution in [-0.2, 0) is 7.05 Å². The summed E-state index contributed by atoms with van der Waals surface area (Å²) < 4.78 is 15.3.